The number of hydrogen-bond acceptors (Lipinski definition) is 3. The van der Waals surface area contributed by atoms with Crippen molar-refractivity contribution in [1.82, 2.24) is 0 Å². The van der Waals surface area contributed by atoms with Gasteiger partial charge in [0.2, 0.25) is 0 Å². The minimum Gasteiger partial charge on any atom is -0.0623 e. The normalized spacial score (nSPS) is 6.92. The van der Waals surface area contributed by atoms with E-state index in [9.17, 15) is 0 Å². The van der Waals surface area contributed by atoms with Crippen LogP contribution in [0.1, 0.15) is 0 Å². The van der Waals surface area contributed by atoms with Crippen LogP contribution in [0.4, 0.5) is 0 Å². The Kier molecular flexibility index (Phi) is 27.2. The maximum Gasteiger partial charge on any atom is 1.00 e. The molecular formula is C6H6K2O3Se. The third-order valence-electron chi connectivity index (χ3n) is 0.667. The van der Waals surface area contributed by atoms with Crippen molar-refractivity contribution in [3.8, 4) is 0 Å². The van der Waals surface area contributed by atoms with Crippen LogP contribution in [0.3, 0.4) is 0 Å². The third kappa shape index (κ3) is 23.0. The first-order chi connectivity index (χ1) is 4.73. The Bertz CT molecular complexity index is 153. The first-order valence-electron chi connectivity index (χ1n) is 2.50. The minimum absolute atomic E-state index is 0. The first-order valence-corrected chi connectivity index (χ1v) is 4.60. The molecule has 0 N–H and O–H groups in total. The SMILES string of the molecule is O=[Se]([O-])[O-].[K+].[K+].c1ccccc1. The molecule has 0 saturated carbocycles. The summed E-state index contributed by atoms with van der Waals surface area (Å²) >= 11 is -3.79. The fourth-order valence-corrected chi connectivity index (χ4v) is 0.385. The quantitative estimate of drug-likeness (QED) is 0.445. The summed E-state index contributed by atoms with van der Waals surface area (Å²) in [5.74, 6) is 0. The van der Waals surface area contributed by atoms with E-state index in [2.05, 4.69) is 0 Å². The van der Waals surface area contributed by atoms with Gasteiger partial charge in [0.1, 0.15) is 0 Å². The van der Waals surface area contributed by atoms with Crippen molar-refractivity contribution in [2.45, 2.75) is 0 Å². The molecule has 0 fully saturated rings. The molecule has 0 unspecified atom stereocenters. The van der Waals surface area contributed by atoms with Crippen molar-refractivity contribution in [3.05, 3.63) is 36.4 Å². The fraction of sp³-hybridized carbons (Fsp3) is 0. The van der Waals surface area contributed by atoms with E-state index in [-0.39, 0.29) is 103 Å². The number of rotatable bonds is 0. The number of hydrogen-bond donors (Lipinski definition) is 0. The van der Waals surface area contributed by atoms with Crippen LogP contribution in [0.2, 0.25) is 0 Å². The summed E-state index contributed by atoms with van der Waals surface area (Å²) in [6, 6.07) is 12.0. The van der Waals surface area contributed by atoms with Gasteiger partial charge in [-0.05, 0) is 0 Å². The molecule has 0 aromatic heterocycles. The second-order valence-corrected chi connectivity index (χ2v) is 2.22. The predicted octanol–water partition coefficient (Wildman–Crippen LogP) is -7.18. The van der Waals surface area contributed by atoms with Crippen LogP contribution >= 0.6 is 0 Å². The Hall–Kier alpha value is 2.73. The van der Waals surface area contributed by atoms with Crippen molar-refractivity contribution in [2.24, 2.45) is 0 Å². The van der Waals surface area contributed by atoms with E-state index in [1.807, 2.05) is 36.4 Å². The topological polar surface area (TPSA) is 63.2 Å². The molecule has 0 atom stereocenters. The average molecular weight is 283 g/mol. The van der Waals surface area contributed by atoms with Crippen LogP contribution in [-0.4, -0.2) is 14.5 Å². The monoisotopic (exact) mass is 284 g/mol. The van der Waals surface area contributed by atoms with Gasteiger partial charge >= 0.3 is 129 Å². The van der Waals surface area contributed by atoms with Gasteiger partial charge in [-0.3, -0.25) is 0 Å². The second-order valence-electron chi connectivity index (χ2n) is 1.36. The molecule has 6 heteroatoms. The number of benzene rings is 1. The molecule has 0 aliphatic carbocycles. The van der Waals surface area contributed by atoms with E-state index in [0.29, 0.717) is 0 Å². The summed E-state index contributed by atoms with van der Waals surface area (Å²) in [5, 5.41) is 0. The Morgan fingerprint density at radius 3 is 0.917 bits per heavy atom. The first kappa shape index (κ1) is 20.2. The van der Waals surface area contributed by atoms with Gasteiger partial charge in [0, 0.05) is 0 Å². The van der Waals surface area contributed by atoms with Gasteiger partial charge in [0.05, 0.1) is 0 Å². The molecule has 1 aromatic rings. The van der Waals surface area contributed by atoms with Gasteiger partial charge in [-0.1, -0.05) is 36.4 Å². The summed E-state index contributed by atoms with van der Waals surface area (Å²) in [5.41, 5.74) is 0. The van der Waals surface area contributed by atoms with Gasteiger partial charge in [0.15, 0.2) is 0 Å². The zero-order valence-corrected chi connectivity index (χ0v) is 15.1. The van der Waals surface area contributed by atoms with Gasteiger partial charge in [-0.2, -0.15) is 0 Å². The molecule has 0 radical (unpaired) electrons. The largest absolute Gasteiger partial charge is 1.00 e. The zero-order valence-electron chi connectivity index (χ0n) is 7.10. The van der Waals surface area contributed by atoms with Crippen LogP contribution < -0.4 is 111 Å². The summed E-state index contributed by atoms with van der Waals surface area (Å²) in [4.78, 5) is 0. The van der Waals surface area contributed by atoms with Gasteiger partial charge < -0.3 is 0 Å². The maximum absolute atomic E-state index is 8.54. The molecule has 0 bridgehead atoms. The molecule has 1 rings (SSSR count). The molecule has 0 amide bonds. The van der Waals surface area contributed by atoms with Gasteiger partial charge in [-0.25, -0.2) is 0 Å². The third-order valence-corrected chi connectivity index (χ3v) is 0.667. The summed E-state index contributed by atoms with van der Waals surface area (Å²) in [7, 11) is 0. The van der Waals surface area contributed by atoms with Crippen molar-refractivity contribution >= 4 is 14.5 Å². The van der Waals surface area contributed by atoms with Gasteiger partial charge in [-0.15, -0.1) is 0 Å². The van der Waals surface area contributed by atoms with E-state index in [0.717, 1.165) is 0 Å². The van der Waals surface area contributed by atoms with Crippen LogP contribution in [0.15, 0.2) is 36.4 Å². The molecule has 0 aliphatic rings. The Labute approximate surface area is 162 Å². The summed E-state index contributed by atoms with van der Waals surface area (Å²) < 4.78 is 25.6. The molecule has 0 spiro atoms. The predicted molar refractivity (Wildman–Crippen MR) is 32.9 cm³/mol. The van der Waals surface area contributed by atoms with Crippen LogP contribution in [0, 0.1) is 0 Å². The van der Waals surface area contributed by atoms with Crippen LogP contribution in [-0.2, 0) is 3.83 Å². The smallest absolute Gasteiger partial charge is 0.0623 e. The van der Waals surface area contributed by atoms with E-state index in [1.165, 1.54) is 0 Å². The Morgan fingerprint density at radius 2 is 0.833 bits per heavy atom. The molecular weight excluding hydrogens is 277 g/mol. The van der Waals surface area contributed by atoms with E-state index in [4.69, 9.17) is 12.2 Å². The molecule has 0 aliphatic heterocycles. The summed E-state index contributed by atoms with van der Waals surface area (Å²) in [6.45, 7) is 0. The van der Waals surface area contributed by atoms with Crippen LogP contribution in [0.5, 0.6) is 0 Å². The standard InChI is InChI=1S/C6H6.2K.H2O3Se/c1-2-4-6-5-3-1;;;1-4(2)3/h1-6H;;;(H2,1,2,3)/q;2*+1;/p-2. The Balaban J connectivity index is -0.000000124. The van der Waals surface area contributed by atoms with Crippen molar-refractivity contribution < 1.29 is 115 Å². The second kappa shape index (κ2) is 16.2. The van der Waals surface area contributed by atoms with E-state index < -0.39 is 14.5 Å². The molecule has 1 aromatic carbocycles. The molecule has 56 valence electrons. The molecule has 3 nitrogen and oxygen atoms in total. The average Bonchev–Trinajstić information content (AvgIpc) is 1.90. The molecule has 0 saturated heterocycles. The molecule has 0 heterocycles. The van der Waals surface area contributed by atoms with E-state index >= 15 is 0 Å². The van der Waals surface area contributed by atoms with Crippen molar-refractivity contribution in [2.75, 3.05) is 0 Å². The van der Waals surface area contributed by atoms with Crippen LogP contribution in [0.25, 0.3) is 0 Å². The van der Waals surface area contributed by atoms with E-state index in [1.54, 1.807) is 0 Å². The molecule has 12 heavy (non-hydrogen) atoms. The van der Waals surface area contributed by atoms with Gasteiger partial charge in [0.25, 0.3) is 0 Å². The fourth-order valence-electron chi connectivity index (χ4n) is 0.385. The van der Waals surface area contributed by atoms with Crippen molar-refractivity contribution in [3.63, 3.8) is 0 Å². The maximum atomic E-state index is 8.54. The summed E-state index contributed by atoms with van der Waals surface area (Å²) in [6.07, 6.45) is 0. The van der Waals surface area contributed by atoms with Crippen molar-refractivity contribution in [1.29, 1.82) is 0 Å². The minimum atomic E-state index is -3.79. The zero-order chi connectivity index (χ0) is 7.82. The Morgan fingerprint density at radius 1 is 0.750 bits per heavy atom.